The molecule has 1 fully saturated rings. The van der Waals surface area contributed by atoms with E-state index in [1.54, 1.807) is 6.92 Å². The third kappa shape index (κ3) is 9.62. The maximum absolute atomic E-state index is 11.1. The highest BCUT2D eigenvalue weighted by molar-refractivity contribution is 4.97. The van der Waals surface area contributed by atoms with Crippen LogP contribution in [0, 0.1) is 0 Å². The molecule has 0 aromatic rings. The van der Waals surface area contributed by atoms with Gasteiger partial charge in [-0.1, -0.05) is 53.4 Å². The van der Waals surface area contributed by atoms with Crippen LogP contribution in [0.1, 0.15) is 86.0 Å². The van der Waals surface area contributed by atoms with E-state index in [9.17, 15) is 5.11 Å². The third-order valence-corrected chi connectivity index (χ3v) is 5.24. The molecule has 5 atom stereocenters. The second-order valence-corrected chi connectivity index (χ2v) is 8.16. The van der Waals surface area contributed by atoms with Crippen LogP contribution in [0.3, 0.4) is 0 Å². The molecule has 174 valence electrons. The molecule has 1 aliphatic rings. The Bertz CT molecular complexity index is 390. The Hall–Kier alpha value is -0.240. The van der Waals surface area contributed by atoms with Gasteiger partial charge in [0.15, 0.2) is 5.79 Å². The van der Waals surface area contributed by atoms with Gasteiger partial charge in [0.1, 0.15) is 24.4 Å². The first-order valence-electron chi connectivity index (χ1n) is 11.8. The van der Waals surface area contributed by atoms with Crippen molar-refractivity contribution in [3.63, 3.8) is 0 Å². The van der Waals surface area contributed by atoms with Gasteiger partial charge in [-0.2, -0.15) is 0 Å². The Morgan fingerprint density at radius 2 is 1.21 bits per heavy atom. The van der Waals surface area contributed by atoms with Gasteiger partial charge in [0.2, 0.25) is 0 Å². The summed E-state index contributed by atoms with van der Waals surface area (Å²) in [5.74, 6) is -1.45. The summed E-state index contributed by atoms with van der Waals surface area (Å²) in [6.45, 7) is 13.1. The quantitative estimate of drug-likeness (QED) is 0.352. The average Bonchev–Trinajstić information content (AvgIpc) is 2.69. The molecular weight excluding hydrogens is 372 g/mol. The molecule has 0 spiro atoms. The average molecular weight is 419 g/mol. The number of aliphatic hydroxyl groups is 1. The number of ether oxygens (including phenoxy) is 5. The summed E-state index contributed by atoms with van der Waals surface area (Å²) in [6.07, 6.45) is 6.37. The summed E-state index contributed by atoms with van der Waals surface area (Å²) in [6, 6.07) is 0. The van der Waals surface area contributed by atoms with E-state index >= 15 is 0 Å². The van der Waals surface area contributed by atoms with Crippen LogP contribution in [-0.2, 0) is 23.7 Å². The normalized spacial score (nSPS) is 30.0. The molecule has 0 amide bonds. The van der Waals surface area contributed by atoms with Crippen LogP contribution < -0.4 is 0 Å². The van der Waals surface area contributed by atoms with E-state index in [1.165, 1.54) is 0 Å². The van der Waals surface area contributed by atoms with E-state index in [0.717, 1.165) is 51.4 Å². The lowest BCUT2D eigenvalue weighted by Gasteiger charge is -2.49. The van der Waals surface area contributed by atoms with E-state index in [4.69, 9.17) is 23.7 Å². The minimum absolute atomic E-state index is 0.327. The molecule has 3 unspecified atom stereocenters. The highest BCUT2D eigenvalue weighted by Crippen LogP contribution is 2.34. The molecule has 0 radical (unpaired) electrons. The third-order valence-electron chi connectivity index (χ3n) is 5.24. The molecular formula is C23H46O6. The zero-order valence-electron chi connectivity index (χ0n) is 19.5. The van der Waals surface area contributed by atoms with E-state index in [1.807, 2.05) is 0 Å². The monoisotopic (exact) mass is 418 g/mol. The van der Waals surface area contributed by atoms with Crippen molar-refractivity contribution in [2.24, 2.45) is 0 Å². The van der Waals surface area contributed by atoms with Crippen molar-refractivity contribution < 1.29 is 28.8 Å². The molecule has 1 heterocycles. The number of hydrogen-bond acceptors (Lipinski definition) is 6. The largest absolute Gasteiger partial charge is 0.379 e. The Balaban J connectivity index is 2.96. The molecule has 0 saturated carbocycles. The van der Waals surface area contributed by atoms with E-state index in [-0.39, 0.29) is 6.10 Å². The molecule has 0 aromatic carbocycles. The highest BCUT2D eigenvalue weighted by atomic mass is 16.7. The van der Waals surface area contributed by atoms with Crippen molar-refractivity contribution in [1.82, 2.24) is 0 Å². The number of unbranched alkanes of at least 4 members (excludes halogenated alkanes) is 4. The van der Waals surface area contributed by atoms with Gasteiger partial charge in [0.25, 0.3) is 0 Å². The fourth-order valence-corrected chi connectivity index (χ4v) is 3.42. The van der Waals surface area contributed by atoms with E-state index < -0.39 is 24.1 Å². The lowest BCUT2D eigenvalue weighted by atomic mass is 9.92. The van der Waals surface area contributed by atoms with Gasteiger partial charge in [-0.25, -0.2) is 0 Å². The maximum atomic E-state index is 11.1. The molecule has 0 aromatic heterocycles. The molecule has 29 heavy (non-hydrogen) atoms. The zero-order valence-corrected chi connectivity index (χ0v) is 19.5. The summed E-state index contributed by atoms with van der Waals surface area (Å²) < 4.78 is 30.5. The van der Waals surface area contributed by atoms with Crippen LogP contribution in [0.4, 0.5) is 0 Å². The number of rotatable bonds is 17. The Labute approximate surface area is 178 Å². The predicted octanol–water partition coefficient (Wildman–Crippen LogP) is 4.47. The minimum Gasteiger partial charge on any atom is -0.379 e. The number of hydrogen-bond donors (Lipinski definition) is 1. The van der Waals surface area contributed by atoms with Gasteiger partial charge in [0.05, 0.1) is 6.61 Å². The summed E-state index contributed by atoms with van der Waals surface area (Å²) >= 11 is 0. The van der Waals surface area contributed by atoms with Gasteiger partial charge in [-0.3, -0.25) is 0 Å². The van der Waals surface area contributed by atoms with Gasteiger partial charge < -0.3 is 28.8 Å². The molecule has 0 bridgehead atoms. The first-order chi connectivity index (χ1) is 14.0. The topological polar surface area (TPSA) is 66.4 Å². The van der Waals surface area contributed by atoms with E-state index in [2.05, 4.69) is 27.7 Å². The van der Waals surface area contributed by atoms with Gasteiger partial charge in [-0.05, 0) is 32.6 Å². The van der Waals surface area contributed by atoms with Crippen LogP contribution in [0.2, 0.25) is 0 Å². The van der Waals surface area contributed by atoms with Crippen molar-refractivity contribution in [2.75, 3.05) is 33.0 Å². The molecule has 1 aliphatic heterocycles. The Morgan fingerprint density at radius 1 is 0.724 bits per heavy atom. The summed E-state index contributed by atoms with van der Waals surface area (Å²) in [4.78, 5) is 0. The standard InChI is InChI=1S/C23H46O6/c1-6-10-14-25-18-19-20(26-15-11-7-2)21(27-16-12-8-3)22(23(5,24)29-19)28-17-13-9-4/h19-22,24H,6-18H2,1-5H3/t19?,20-,21?,22?,23+/m1/s1. The fraction of sp³-hybridized carbons (Fsp3) is 1.00. The van der Waals surface area contributed by atoms with E-state index in [0.29, 0.717) is 33.0 Å². The Morgan fingerprint density at radius 3 is 1.76 bits per heavy atom. The molecule has 0 aliphatic carbocycles. The van der Waals surface area contributed by atoms with Crippen molar-refractivity contribution in [1.29, 1.82) is 0 Å². The predicted molar refractivity (Wildman–Crippen MR) is 115 cm³/mol. The summed E-state index contributed by atoms with van der Waals surface area (Å²) in [5, 5.41) is 11.1. The second-order valence-electron chi connectivity index (χ2n) is 8.16. The molecule has 6 heteroatoms. The van der Waals surface area contributed by atoms with Gasteiger partial charge >= 0.3 is 0 Å². The Kier molecular flexibility index (Phi) is 14.4. The molecule has 1 rings (SSSR count). The smallest absolute Gasteiger partial charge is 0.192 e. The first kappa shape index (κ1) is 26.8. The van der Waals surface area contributed by atoms with Crippen LogP contribution >= 0.6 is 0 Å². The van der Waals surface area contributed by atoms with Gasteiger partial charge in [0, 0.05) is 26.4 Å². The SMILES string of the molecule is CCCCOCC1O[C@](C)(O)C(OCCCC)C(OCCCC)[C@@H]1OCCCC. The molecule has 6 nitrogen and oxygen atoms in total. The lowest BCUT2D eigenvalue weighted by Crippen LogP contribution is -2.66. The van der Waals surface area contributed by atoms with Crippen LogP contribution in [0.5, 0.6) is 0 Å². The maximum Gasteiger partial charge on any atom is 0.192 e. The zero-order chi connectivity index (χ0) is 21.5. The summed E-state index contributed by atoms with van der Waals surface area (Å²) in [5.41, 5.74) is 0. The van der Waals surface area contributed by atoms with Crippen molar-refractivity contribution >= 4 is 0 Å². The second kappa shape index (κ2) is 15.5. The lowest BCUT2D eigenvalue weighted by molar-refractivity contribution is -0.359. The van der Waals surface area contributed by atoms with Crippen molar-refractivity contribution in [2.45, 2.75) is 116 Å². The first-order valence-corrected chi connectivity index (χ1v) is 11.8. The summed E-state index contributed by atoms with van der Waals surface area (Å²) in [7, 11) is 0. The van der Waals surface area contributed by atoms with Crippen molar-refractivity contribution in [3.05, 3.63) is 0 Å². The van der Waals surface area contributed by atoms with Gasteiger partial charge in [-0.15, -0.1) is 0 Å². The van der Waals surface area contributed by atoms with Crippen LogP contribution in [0.15, 0.2) is 0 Å². The molecule has 1 saturated heterocycles. The molecule has 1 N–H and O–H groups in total. The fourth-order valence-electron chi connectivity index (χ4n) is 3.42. The minimum atomic E-state index is -1.45. The van der Waals surface area contributed by atoms with Crippen molar-refractivity contribution in [3.8, 4) is 0 Å². The van der Waals surface area contributed by atoms with Crippen LogP contribution in [0.25, 0.3) is 0 Å². The van der Waals surface area contributed by atoms with Crippen LogP contribution in [-0.4, -0.2) is 68.3 Å². The highest BCUT2D eigenvalue weighted by Gasteiger charge is 2.53.